The van der Waals surface area contributed by atoms with Gasteiger partial charge < -0.3 is 18.9 Å². The van der Waals surface area contributed by atoms with Crippen molar-refractivity contribution in [3.05, 3.63) is 83.4 Å². The minimum Gasteiger partial charge on any atom is -0.497 e. The SMILES string of the molecule is COc1ccc2c(c1)O[C@H](c1ccc(OC)c(OC)c1)C(=O)[C@@H]2SCc1ccccc1. The van der Waals surface area contributed by atoms with Crippen molar-refractivity contribution in [1.29, 1.82) is 0 Å². The number of carbonyl (C=O) groups is 1. The van der Waals surface area contributed by atoms with Crippen LogP contribution in [-0.2, 0) is 10.5 Å². The van der Waals surface area contributed by atoms with Crippen molar-refractivity contribution in [1.82, 2.24) is 0 Å². The van der Waals surface area contributed by atoms with Crippen LogP contribution in [0.2, 0.25) is 0 Å². The summed E-state index contributed by atoms with van der Waals surface area (Å²) in [6, 6.07) is 21.2. The summed E-state index contributed by atoms with van der Waals surface area (Å²) in [4.78, 5) is 13.6. The van der Waals surface area contributed by atoms with Crippen LogP contribution >= 0.6 is 11.8 Å². The molecule has 0 amide bonds. The third-order valence-electron chi connectivity index (χ3n) is 5.23. The van der Waals surface area contributed by atoms with E-state index in [0.29, 0.717) is 23.0 Å². The number of thioether (sulfide) groups is 1. The van der Waals surface area contributed by atoms with Crippen LogP contribution in [0, 0.1) is 0 Å². The minimum absolute atomic E-state index is 0.00539. The van der Waals surface area contributed by atoms with Gasteiger partial charge in [0.05, 0.1) is 26.6 Å². The first kappa shape index (κ1) is 21.1. The predicted molar refractivity (Wildman–Crippen MR) is 121 cm³/mol. The molecule has 3 aromatic carbocycles. The van der Waals surface area contributed by atoms with Gasteiger partial charge in [0, 0.05) is 22.9 Å². The lowest BCUT2D eigenvalue weighted by molar-refractivity contribution is -0.126. The van der Waals surface area contributed by atoms with Crippen LogP contribution in [0.15, 0.2) is 66.7 Å². The van der Waals surface area contributed by atoms with E-state index in [1.807, 2.05) is 42.5 Å². The zero-order valence-corrected chi connectivity index (χ0v) is 18.5. The number of methoxy groups -OCH3 is 3. The first-order valence-corrected chi connectivity index (χ1v) is 10.9. The van der Waals surface area contributed by atoms with Gasteiger partial charge in [0.15, 0.2) is 23.4 Å². The second-order valence-electron chi connectivity index (χ2n) is 7.10. The topological polar surface area (TPSA) is 54.0 Å². The fourth-order valence-electron chi connectivity index (χ4n) is 3.61. The van der Waals surface area contributed by atoms with E-state index in [2.05, 4.69) is 12.1 Å². The molecule has 2 atom stereocenters. The summed E-state index contributed by atoms with van der Waals surface area (Å²) >= 11 is 1.60. The summed E-state index contributed by atoms with van der Waals surface area (Å²) in [6.07, 6.45) is -0.743. The predicted octanol–water partition coefficient (Wildman–Crippen LogP) is 5.39. The molecular weight excluding hydrogens is 412 g/mol. The van der Waals surface area contributed by atoms with E-state index in [9.17, 15) is 4.79 Å². The van der Waals surface area contributed by atoms with E-state index in [1.165, 1.54) is 5.56 Å². The number of hydrogen-bond acceptors (Lipinski definition) is 6. The van der Waals surface area contributed by atoms with Crippen LogP contribution in [0.3, 0.4) is 0 Å². The van der Waals surface area contributed by atoms with Gasteiger partial charge in [-0.15, -0.1) is 11.8 Å². The Balaban J connectivity index is 1.70. The normalized spacial score (nSPS) is 17.5. The number of hydrogen-bond donors (Lipinski definition) is 0. The molecule has 4 rings (SSSR count). The van der Waals surface area contributed by atoms with Gasteiger partial charge in [0.25, 0.3) is 0 Å². The van der Waals surface area contributed by atoms with Gasteiger partial charge in [0.1, 0.15) is 11.5 Å². The largest absolute Gasteiger partial charge is 0.497 e. The van der Waals surface area contributed by atoms with Gasteiger partial charge in [0.2, 0.25) is 0 Å². The summed E-state index contributed by atoms with van der Waals surface area (Å²) in [5.74, 6) is 3.23. The van der Waals surface area contributed by atoms with Crippen LogP contribution in [-0.4, -0.2) is 27.1 Å². The highest BCUT2D eigenvalue weighted by Crippen LogP contribution is 2.47. The zero-order chi connectivity index (χ0) is 21.8. The van der Waals surface area contributed by atoms with Crippen LogP contribution in [0.1, 0.15) is 28.0 Å². The monoisotopic (exact) mass is 436 g/mol. The molecular formula is C25H24O5S. The van der Waals surface area contributed by atoms with E-state index in [-0.39, 0.29) is 11.0 Å². The molecule has 1 aliphatic rings. The molecule has 0 N–H and O–H groups in total. The van der Waals surface area contributed by atoms with E-state index in [0.717, 1.165) is 16.9 Å². The molecule has 0 saturated heterocycles. The van der Waals surface area contributed by atoms with Crippen molar-refractivity contribution in [2.45, 2.75) is 17.1 Å². The highest BCUT2D eigenvalue weighted by atomic mass is 32.2. The average molecular weight is 437 g/mol. The van der Waals surface area contributed by atoms with E-state index >= 15 is 0 Å². The van der Waals surface area contributed by atoms with Gasteiger partial charge in [-0.3, -0.25) is 4.79 Å². The lowest BCUT2D eigenvalue weighted by atomic mass is 9.95. The number of ketones is 1. The third-order valence-corrected chi connectivity index (χ3v) is 6.55. The number of carbonyl (C=O) groups excluding carboxylic acids is 1. The second-order valence-corrected chi connectivity index (χ2v) is 8.19. The van der Waals surface area contributed by atoms with Crippen LogP contribution < -0.4 is 18.9 Å². The summed E-state index contributed by atoms with van der Waals surface area (Å²) in [5.41, 5.74) is 2.76. The molecule has 0 unspecified atom stereocenters. The highest BCUT2D eigenvalue weighted by Gasteiger charge is 2.38. The summed E-state index contributed by atoms with van der Waals surface area (Å²) in [5, 5.41) is -0.354. The molecule has 0 fully saturated rings. The Morgan fingerprint density at radius 2 is 1.65 bits per heavy atom. The zero-order valence-electron chi connectivity index (χ0n) is 17.7. The molecule has 31 heavy (non-hydrogen) atoms. The Morgan fingerprint density at radius 3 is 2.35 bits per heavy atom. The first-order valence-electron chi connectivity index (χ1n) is 9.90. The Bertz CT molecular complexity index is 1070. The Kier molecular flexibility index (Phi) is 6.37. The van der Waals surface area contributed by atoms with Gasteiger partial charge in [-0.1, -0.05) is 42.5 Å². The van der Waals surface area contributed by atoms with Crippen LogP contribution in [0.25, 0.3) is 0 Å². The molecule has 0 radical (unpaired) electrons. The second kappa shape index (κ2) is 9.35. The lowest BCUT2D eigenvalue weighted by Crippen LogP contribution is -2.29. The molecule has 0 saturated carbocycles. The molecule has 160 valence electrons. The molecule has 3 aromatic rings. The molecule has 6 heteroatoms. The fourth-order valence-corrected chi connectivity index (χ4v) is 4.82. The number of benzene rings is 3. The third kappa shape index (κ3) is 4.35. The van der Waals surface area contributed by atoms with Crippen molar-refractivity contribution in [2.24, 2.45) is 0 Å². The molecule has 0 aliphatic carbocycles. The summed E-state index contributed by atoms with van der Waals surface area (Å²) < 4.78 is 22.3. The number of fused-ring (bicyclic) bond motifs is 1. The minimum atomic E-state index is -0.743. The standard InChI is InChI=1S/C25H24O5S/c1-27-18-10-11-19-21(14-18)30-24(17-9-12-20(28-2)22(13-17)29-3)23(26)25(19)31-15-16-7-5-4-6-8-16/h4-14,24-25H,15H2,1-3H3/t24-,25-/m1/s1. The van der Waals surface area contributed by atoms with E-state index in [1.54, 1.807) is 45.2 Å². The van der Waals surface area contributed by atoms with Crippen LogP contribution in [0.4, 0.5) is 0 Å². The Labute approximate surface area is 186 Å². The maximum atomic E-state index is 13.6. The summed E-state index contributed by atoms with van der Waals surface area (Å²) in [6.45, 7) is 0. The maximum absolute atomic E-state index is 13.6. The quantitative estimate of drug-likeness (QED) is 0.495. The molecule has 0 bridgehead atoms. The number of rotatable bonds is 7. The Morgan fingerprint density at radius 1 is 0.871 bits per heavy atom. The van der Waals surface area contributed by atoms with Gasteiger partial charge in [-0.05, 0) is 23.8 Å². The first-order chi connectivity index (χ1) is 15.1. The van der Waals surface area contributed by atoms with Gasteiger partial charge in [-0.25, -0.2) is 0 Å². The molecule has 0 spiro atoms. The van der Waals surface area contributed by atoms with Crippen molar-refractivity contribution in [2.75, 3.05) is 21.3 Å². The molecule has 0 aromatic heterocycles. The molecule has 1 heterocycles. The number of ether oxygens (including phenoxy) is 4. The fraction of sp³-hybridized carbons (Fsp3) is 0.240. The van der Waals surface area contributed by atoms with Crippen molar-refractivity contribution in [3.8, 4) is 23.0 Å². The smallest absolute Gasteiger partial charge is 0.195 e. The number of Topliss-reactive ketones (excluding diaryl/α,β-unsaturated/α-hetero) is 1. The van der Waals surface area contributed by atoms with E-state index in [4.69, 9.17) is 18.9 Å². The molecule has 5 nitrogen and oxygen atoms in total. The molecule has 1 aliphatic heterocycles. The summed E-state index contributed by atoms with van der Waals surface area (Å²) in [7, 11) is 4.77. The maximum Gasteiger partial charge on any atom is 0.195 e. The highest BCUT2D eigenvalue weighted by molar-refractivity contribution is 7.99. The van der Waals surface area contributed by atoms with Gasteiger partial charge in [-0.2, -0.15) is 0 Å². The van der Waals surface area contributed by atoms with Crippen molar-refractivity contribution in [3.63, 3.8) is 0 Å². The lowest BCUT2D eigenvalue weighted by Gasteiger charge is -2.31. The Hall–Kier alpha value is -3.12. The van der Waals surface area contributed by atoms with Crippen molar-refractivity contribution >= 4 is 17.5 Å². The van der Waals surface area contributed by atoms with Crippen molar-refractivity contribution < 1.29 is 23.7 Å². The van der Waals surface area contributed by atoms with E-state index < -0.39 is 6.10 Å². The average Bonchev–Trinajstić information content (AvgIpc) is 2.83. The van der Waals surface area contributed by atoms with Crippen LogP contribution in [0.5, 0.6) is 23.0 Å². The van der Waals surface area contributed by atoms with Gasteiger partial charge >= 0.3 is 0 Å².